The van der Waals surface area contributed by atoms with Crippen molar-refractivity contribution in [2.45, 2.75) is 32.3 Å². The Morgan fingerprint density at radius 3 is 2.71 bits per heavy atom. The van der Waals surface area contributed by atoms with Crippen LogP contribution in [0, 0.1) is 11.6 Å². The van der Waals surface area contributed by atoms with Gasteiger partial charge in [0.05, 0.1) is 6.10 Å². The Morgan fingerprint density at radius 1 is 1.36 bits per heavy atom. The Labute approximate surface area is 82.4 Å². The molecular formula is C11H14F2O. The molecule has 0 aliphatic rings. The van der Waals surface area contributed by atoms with Crippen molar-refractivity contribution in [1.82, 2.24) is 0 Å². The van der Waals surface area contributed by atoms with Crippen molar-refractivity contribution >= 4 is 0 Å². The third-order valence-corrected chi connectivity index (χ3v) is 2.08. The number of aliphatic hydroxyl groups excluding tert-OH is 1. The molecular weight excluding hydrogens is 186 g/mol. The third-order valence-electron chi connectivity index (χ3n) is 2.08. The average molecular weight is 200 g/mol. The minimum absolute atomic E-state index is 0.378. The van der Waals surface area contributed by atoms with Crippen LogP contribution in [0.1, 0.15) is 25.3 Å². The van der Waals surface area contributed by atoms with Gasteiger partial charge in [0.1, 0.15) is 11.6 Å². The molecule has 1 atom stereocenters. The highest BCUT2D eigenvalue weighted by molar-refractivity contribution is 5.18. The van der Waals surface area contributed by atoms with E-state index in [9.17, 15) is 8.78 Å². The number of aryl methyl sites for hydroxylation is 1. The molecule has 0 fully saturated rings. The average Bonchev–Trinajstić information content (AvgIpc) is 2.10. The molecule has 1 rings (SSSR count). The first-order valence-electron chi connectivity index (χ1n) is 4.71. The highest BCUT2D eigenvalue weighted by Gasteiger charge is 2.04. The summed E-state index contributed by atoms with van der Waals surface area (Å²) in [6.07, 6.45) is 1.36. The van der Waals surface area contributed by atoms with Gasteiger partial charge < -0.3 is 5.11 Å². The molecule has 0 radical (unpaired) electrons. The summed E-state index contributed by atoms with van der Waals surface area (Å²) < 4.78 is 25.8. The van der Waals surface area contributed by atoms with E-state index in [1.807, 2.05) is 0 Å². The lowest BCUT2D eigenvalue weighted by atomic mass is 10.1. The van der Waals surface area contributed by atoms with Gasteiger partial charge in [-0.3, -0.25) is 0 Å². The van der Waals surface area contributed by atoms with E-state index in [0.29, 0.717) is 24.8 Å². The monoisotopic (exact) mass is 200 g/mol. The fourth-order valence-electron chi connectivity index (χ4n) is 1.32. The first kappa shape index (κ1) is 11.1. The minimum atomic E-state index is -0.418. The number of hydrogen-bond donors (Lipinski definition) is 1. The topological polar surface area (TPSA) is 20.2 Å². The number of benzene rings is 1. The van der Waals surface area contributed by atoms with Crippen LogP contribution < -0.4 is 0 Å². The summed E-state index contributed by atoms with van der Waals surface area (Å²) >= 11 is 0. The van der Waals surface area contributed by atoms with Gasteiger partial charge >= 0.3 is 0 Å². The first-order valence-corrected chi connectivity index (χ1v) is 4.71. The van der Waals surface area contributed by atoms with Crippen LogP contribution in [0.2, 0.25) is 0 Å². The largest absolute Gasteiger partial charge is 0.393 e. The Hall–Kier alpha value is -0.960. The summed E-state index contributed by atoms with van der Waals surface area (Å²) in [6.45, 7) is 1.68. The summed E-state index contributed by atoms with van der Waals surface area (Å²) in [6, 6.07) is 3.44. The zero-order valence-corrected chi connectivity index (χ0v) is 8.13. The van der Waals surface area contributed by atoms with Gasteiger partial charge in [-0.1, -0.05) is 0 Å². The van der Waals surface area contributed by atoms with Crippen molar-refractivity contribution in [3.63, 3.8) is 0 Å². The highest BCUT2D eigenvalue weighted by Crippen LogP contribution is 2.13. The number of halogens is 2. The Bertz CT molecular complexity index is 297. The van der Waals surface area contributed by atoms with Gasteiger partial charge in [-0.05, 0) is 49.9 Å². The normalized spacial score (nSPS) is 12.9. The number of rotatable bonds is 4. The van der Waals surface area contributed by atoms with E-state index >= 15 is 0 Å². The van der Waals surface area contributed by atoms with E-state index in [0.717, 1.165) is 12.1 Å². The molecule has 1 N–H and O–H groups in total. The van der Waals surface area contributed by atoms with Crippen molar-refractivity contribution < 1.29 is 13.9 Å². The van der Waals surface area contributed by atoms with E-state index < -0.39 is 5.82 Å². The Morgan fingerprint density at radius 2 is 2.07 bits per heavy atom. The van der Waals surface area contributed by atoms with E-state index in [4.69, 9.17) is 5.11 Å². The predicted octanol–water partition coefficient (Wildman–Crippen LogP) is 2.67. The lowest BCUT2D eigenvalue weighted by Crippen LogP contribution is -2.01. The molecule has 1 unspecified atom stereocenters. The second-order valence-electron chi connectivity index (χ2n) is 3.48. The van der Waals surface area contributed by atoms with Gasteiger partial charge in [0.2, 0.25) is 0 Å². The van der Waals surface area contributed by atoms with Crippen LogP contribution in [-0.2, 0) is 6.42 Å². The smallest absolute Gasteiger partial charge is 0.126 e. The SMILES string of the molecule is CC(O)CCCc1cc(F)ccc1F. The molecule has 0 aliphatic carbocycles. The Balaban J connectivity index is 2.53. The molecule has 1 nitrogen and oxygen atoms in total. The second kappa shape index (κ2) is 5.05. The molecule has 0 spiro atoms. The zero-order chi connectivity index (χ0) is 10.6. The quantitative estimate of drug-likeness (QED) is 0.792. The molecule has 78 valence electrons. The minimum Gasteiger partial charge on any atom is -0.393 e. The van der Waals surface area contributed by atoms with Crippen molar-refractivity contribution in [1.29, 1.82) is 0 Å². The number of hydrogen-bond acceptors (Lipinski definition) is 1. The summed E-state index contributed by atoms with van der Waals surface area (Å²) in [7, 11) is 0. The van der Waals surface area contributed by atoms with Crippen LogP contribution in [0.5, 0.6) is 0 Å². The third kappa shape index (κ3) is 3.42. The summed E-state index contributed by atoms with van der Waals surface area (Å²) in [5.41, 5.74) is 0.380. The van der Waals surface area contributed by atoms with Crippen molar-refractivity contribution in [2.75, 3.05) is 0 Å². The van der Waals surface area contributed by atoms with Crippen molar-refractivity contribution in [2.24, 2.45) is 0 Å². The van der Waals surface area contributed by atoms with Crippen LogP contribution >= 0.6 is 0 Å². The van der Waals surface area contributed by atoms with Crippen molar-refractivity contribution in [3.8, 4) is 0 Å². The van der Waals surface area contributed by atoms with Gasteiger partial charge in [0, 0.05) is 0 Å². The molecule has 0 saturated heterocycles. The molecule has 0 saturated carbocycles. The maximum absolute atomic E-state index is 13.1. The van der Waals surface area contributed by atoms with E-state index in [2.05, 4.69) is 0 Å². The van der Waals surface area contributed by atoms with Crippen LogP contribution in [0.15, 0.2) is 18.2 Å². The molecule has 0 aliphatic heterocycles. The molecule has 14 heavy (non-hydrogen) atoms. The van der Waals surface area contributed by atoms with Gasteiger partial charge in [-0.25, -0.2) is 8.78 Å². The maximum atomic E-state index is 13.1. The fraction of sp³-hybridized carbons (Fsp3) is 0.455. The van der Waals surface area contributed by atoms with Crippen LogP contribution in [0.25, 0.3) is 0 Å². The van der Waals surface area contributed by atoms with Crippen molar-refractivity contribution in [3.05, 3.63) is 35.4 Å². The molecule has 0 heterocycles. The van der Waals surface area contributed by atoms with Crippen LogP contribution in [0.4, 0.5) is 8.78 Å². The van der Waals surface area contributed by atoms with Gasteiger partial charge in [0.15, 0.2) is 0 Å². The van der Waals surface area contributed by atoms with Gasteiger partial charge in [-0.2, -0.15) is 0 Å². The van der Waals surface area contributed by atoms with E-state index in [1.165, 1.54) is 6.07 Å². The van der Waals surface area contributed by atoms with Crippen LogP contribution in [0.3, 0.4) is 0 Å². The molecule has 1 aromatic carbocycles. The molecule has 0 aromatic heterocycles. The van der Waals surface area contributed by atoms with E-state index in [1.54, 1.807) is 6.92 Å². The summed E-state index contributed by atoms with van der Waals surface area (Å²) in [5.74, 6) is -0.796. The number of aliphatic hydroxyl groups is 1. The lowest BCUT2D eigenvalue weighted by Gasteiger charge is -2.05. The molecule has 0 amide bonds. The Kier molecular flexibility index (Phi) is 4.01. The molecule has 1 aromatic rings. The maximum Gasteiger partial charge on any atom is 0.126 e. The first-order chi connectivity index (χ1) is 6.59. The molecule has 0 bridgehead atoms. The standard InChI is InChI=1S/C11H14F2O/c1-8(14)3-2-4-9-7-10(12)5-6-11(9)13/h5-8,14H,2-4H2,1H3. The zero-order valence-electron chi connectivity index (χ0n) is 8.13. The fourth-order valence-corrected chi connectivity index (χ4v) is 1.32. The van der Waals surface area contributed by atoms with Crippen LogP contribution in [-0.4, -0.2) is 11.2 Å². The summed E-state index contributed by atoms with van der Waals surface area (Å²) in [5, 5.41) is 8.99. The summed E-state index contributed by atoms with van der Waals surface area (Å²) in [4.78, 5) is 0. The predicted molar refractivity (Wildman–Crippen MR) is 51.0 cm³/mol. The van der Waals surface area contributed by atoms with E-state index in [-0.39, 0.29) is 11.9 Å². The van der Waals surface area contributed by atoms with Gasteiger partial charge in [-0.15, -0.1) is 0 Å². The second-order valence-corrected chi connectivity index (χ2v) is 3.48. The molecule has 3 heteroatoms. The lowest BCUT2D eigenvalue weighted by molar-refractivity contribution is 0.181. The highest BCUT2D eigenvalue weighted by atomic mass is 19.1. The van der Waals surface area contributed by atoms with Gasteiger partial charge in [0.25, 0.3) is 0 Å².